The van der Waals surface area contributed by atoms with E-state index in [-0.39, 0.29) is 24.1 Å². The van der Waals surface area contributed by atoms with Crippen LogP contribution in [0, 0.1) is 11.8 Å². The fourth-order valence-corrected chi connectivity index (χ4v) is 3.33. The second-order valence-electron chi connectivity index (χ2n) is 6.75. The lowest BCUT2D eigenvalue weighted by Crippen LogP contribution is -2.36. The second kappa shape index (κ2) is 8.45. The zero-order valence-corrected chi connectivity index (χ0v) is 14.7. The Hall–Kier alpha value is -1.92. The lowest BCUT2D eigenvalue weighted by Gasteiger charge is -2.29. The summed E-state index contributed by atoms with van der Waals surface area (Å²) < 4.78 is 11.1. The van der Waals surface area contributed by atoms with Crippen LogP contribution in [0.4, 0.5) is 0 Å². The lowest BCUT2D eigenvalue weighted by molar-refractivity contribution is -0.148. The van der Waals surface area contributed by atoms with Gasteiger partial charge in [-0.2, -0.15) is 0 Å². The quantitative estimate of drug-likeness (QED) is 0.455. The first-order valence-corrected chi connectivity index (χ1v) is 8.53. The monoisotopic (exact) mass is 350 g/mol. The third kappa shape index (κ3) is 4.58. The molecule has 0 saturated carbocycles. The SMILES string of the molecule is C=C(CO)C(=O)O[C@H]1C/C(C)=C/CC/C(CO)=C/[C@H]2OC(=O)[C@@H](C)[C@H]12. The van der Waals surface area contributed by atoms with Crippen molar-refractivity contribution in [3.05, 3.63) is 35.5 Å². The van der Waals surface area contributed by atoms with E-state index in [0.717, 1.165) is 17.6 Å². The van der Waals surface area contributed by atoms with Crippen LogP contribution in [0.3, 0.4) is 0 Å². The second-order valence-corrected chi connectivity index (χ2v) is 6.75. The van der Waals surface area contributed by atoms with Gasteiger partial charge < -0.3 is 19.7 Å². The van der Waals surface area contributed by atoms with Crippen molar-refractivity contribution in [1.82, 2.24) is 0 Å². The smallest absolute Gasteiger partial charge is 0.336 e. The first-order valence-electron chi connectivity index (χ1n) is 8.53. The van der Waals surface area contributed by atoms with E-state index < -0.39 is 30.7 Å². The number of hydrogen-bond acceptors (Lipinski definition) is 6. The van der Waals surface area contributed by atoms with Crippen molar-refractivity contribution in [1.29, 1.82) is 0 Å². The average molecular weight is 350 g/mol. The maximum Gasteiger partial charge on any atom is 0.336 e. The number of aliphatic hydroxyl groups excluding tert-OH is 2. The molecular weight excluding hydrogens is 324 g/mol. The molecule has 2 rings (SSSR count). The molecule has 2 N–H and O–H groups in total. The average Bonchev–Trinajstić information content (AvgIpc) is 2.86. The van der Waals surface area contributed by atoms with Crippen LogP contribution in [0.25, 0.3) is 0 Å². The number of allylic oxidation sites excluding steroid dienone is 1. The molecule has 0 aromatic rings. The summed E-state index contributed by atoms with van der Waals surface area (Å²) in [5.74, 6) is -1.81. The molecule has 1 fully saturated rings. The van der Waals surface area contributed by atoms with E-state index in [9.17, 15) is 14.7 Å². The number of hydrogen-bond donors (Lipinski definition) is 2. The summed E-state index contributed by atoms with van der Waals surface area (Å²) >= 11 is 0. The minimum Gasteiger partial charge on any atom is -0.458 e. The Balaban J connectivity index is 2.37. The lowest BCUT2D eigenvalue weighted by atomic mass is 9.82. The molecule has 6 heteroatoms. The Morgan fingerprint density at radius 3 is 2.80 bits per heavy atom. The molecule has 6 nitrogen and oxygen atoms in total. The molecule has 1 aliphatic carbocycles. The highest BCUT2D eigenvalue weighted by molar-refractivity contribution is 5.88. The van der Waals surface area contributed by atoms with E-state index >= 15 is 0 Å². The number of fused-ring (bicyclic) bond motifs is 1. The highest BCUT2D eigenvalue weighted by Crippen LogP contribution is 2.37. The van der Waals surface area contributed by atoms with Crippen LogP contribution in [0.2, 0.25) is 0 Å². The number of ether oxygens (including phenoxy) is 2. The summed E-state index contributed by atoms with van der Waals surface area (Å²) in [5.41, 5.74) is 1.81. The van der Waals surface area contributed by atoms with Crippen LogP contribution in [-0.2, 0) is 19.1 Å². The van der Waals surface area contributed by atoms with Crippen molar-refractivity contribution < 1.29 is 29.3 Å². The normalized spacial score (nSPS) is 34.0. The zero-order chi connectivity index (χ0) is 18.6. The highest BCUT2D eigenvalue weighted by Gasteiger charge is 2.47. The summed E-state index contributed by atoms with van der Waals surface area (Å²) in [6.07, 6.45) is 4.63. The number of aliphatic hydroxyl groups is 2. The molecule has 2 aliphatic rings. The van der Waals surface area contributed by atoms with E-state index in [4.69, 9.17) is 14.6 Å². The molecule has 1 aliphatic heterocycles. The van der Waals surface area contributed by atoms with Crippen LogP contribution >= 0.6 is 0 Å². The Morgan fingerprint density at radius 2 is 2.16 bits per heavy atom. The molecular formula is C19H26O6. The van der Waals surface area contributed by atoms with Gasteiger partial charge in [0.15, 0.2) is 0 Å². The highest BCUT2D eigenvalue weighted by atomic mass is 16.6. The van der Waals surface area contributed by atoms with Gasteiger partial charge in [-0.25, -0.2) is 4.79 Å². The zero-order valence-electron chi connectivity index (χ0n) is 14.7. The molecule has 1 heterocycles. The van der Waals surface area contributed by atoms with Crippen molar-refractivity contribution in [2.75, 3.05) is 13.2 Å². The Morgan fingerprint density at radius 1 is 1.44 bits per heavy atom. The summed E-state index contributed by atoms with van der Waals surface area (Å²) in [5, 5.41) is 18.6. The largest absolute Gasteiger partial charge is 0.458 e. The molecule has 138 valence electrons. The van der Waals surface area contributed by atoms with E-state index in [2.05, 4.69) is 6.58 Å². The van der Waals surface area contributed by atoms with Crippen LogP contribution in [0.1, 0.15) is 33.1 Å². The van der Waals surface area contributed by atoms with E-state index in [1.165, 1.54) is 0 Å². The van der Waals surface area contributed by atoms with Crippen LogP contribution in [-0.4, -0.2) is 47.6 Å². The van der Waals surface area contributed by atoms with Crippen LogP contribution < -0.4 is 0 Å². The van der Waals surface area contributed by atoms with Gasteiger partial charge in [-0.05, 0) is 31.4 Å². The van der Waals surface area contributed by atoms with Crippen molar-refractivity contribution in [2.45, 2.75) is 45.3 Å². The van der Waals surface area contributed by atoms with Gasteiger partial charge in [0.1, 0.15) is 12.2 Å². The van der Waals surface area contributed by atoms with Crippen molar-refractivity contribution in [3.63, 3.8) is 0 Å². The van der Waals surface area contributed by atoms with E-state index in [1.807, 2.05) is 13.0 Å². The molecule has 0 aromatic heterocycles. The van der Waals surface area contributed by atoms with Gasteiger partial charge in [-0.1, -0.05) is 25.2 Å². The summed E-state index contributed by atoms with van der Waals surface area (Å²) in [4.78, 5) is 24.2. The molecule has 0 bridgehead atoms. The van der Waals surface area contributed by atoms with Gasteiger partial charge in [0.05, 0.1) is 30.6 Å². The summed E-state index contributed by atoms with van der Waals surface area (Å²) in [7, 11) is 0. The number of carbonyl (C=O) groups excluding carboxylic acids is 2. The molecule has 0 spiro atoms. The van der Waals surface area contributed by atoms with Crippen molar-refractivity contribution >= 4 is 11.9 Å². The molecule has 0 radical (unpaired) electrons. The topological polar surface area (TPSA) is 93.1 Å². The Labute approximate surface area is 147 Å². The third-order valence-corrected chi connectivity index (χ3v) is 4.83. The van der Waals surface area contributed by atoms with Crippen molar-refractivity contribution in [2.24, 2.45) is 11.8 Å². The molecule has 0 unspecified atom stereocenters. The molecule has 1 saturated heterocycles. The predicted octanol–water partition coefficient (Wildman–Crippen LogP) is 1.67. The minimum absolute atomic E-state index is 0.0280. The molecule has 0 amide bonds. The van der Waals surface area contributed by atoms with Crippen molar-refractivity contribution in [3.8, 4) is 0 Å². The molecule has 25 heavy (non-hydrogen) atoms. The van der Waals surface area contributed by atoms with Crippen LogP contribution in [0.5, 0.6) is 0 Å². The van der Waals surface area contributed by atoms with E-state index in [0.29, 0.717) is 12.8 Å². The fraction of sp³-hybridized carbons (Fsp3) is 0.579. The maximum absolute atomic E-state index is 12.1. The van der Waals surface area contributed by atoms with Gasteiger partial charge in [0.2, 0.25) is 0 Å². The number of esters is 2. The van der Waals surface area contributed by atoms with Gasteiger partial charge in [0.25, 0.3) is 0 Å². The first-order chi connectivity index (χ1) is 11.9. The Kier molecular flexibility index (Phi) is 6.56. The fourth-order valence-electron chi connectivity index (χ4n) is 3.33. The third-order valence-electron chi connectivity index (χ3n) is 4.83. The standard InChI is InChI=1S/C19H26O6/c1-11-5-4-6-14(10-21)8-16-17(13(3)19(23)25-16)15(7-11)24-18(22)12(2)9-20/h5,8,13,15-17,20-21H,2,4,6-7,9-10H2,1,3H3/b11-5+,14-8-/t13-,15-,16+,17+/m0/s1. The maximum atomic E-state index is 12.1. The minimum atomic E-state index is -0.672. The van der Waals surface area contributed by atoms with Gasteiger partial charge in [0, 0.05) is 6.42 Å². The van der Waals surface area contributed by atoms with E-state index in [1.54, 1.807) is 13.0 Å². The van der Waals surface area contributed by atoms with Gasteiger partial charge in [-0.15, -0.1) is 0 Å². The van der Waals surface area contributed by atoms with Gasteiger partial charge >= 0.3 is 11.9 Å². The van der Waals surface area contributed by atoms with Gasteiger partial charge in [-0.3, -0.25) is 4.79 Å². The molecule has 0 aromatic carbocycles. The summed E-state index contributed by atoms with van der Waals surface area (Å²) in [6.45, 7) is 6.62. The first kappa shape index (κ1) is 19.4. The Bertz CT molecular complexity index is 603. The number of carbonyl (C=O) groups is 2. The number of rotatable bonds is 4. The molecule has 4 atom stereocenters. The predicted molar refractivity (Wildman–Crippen MR) is 91.4 cm³/mol. The van der Waals surface area contributed by atoms with Crippen LogP contribution in [0.15, 0.2) is 35.5 Å². The summed E-state index contributed by atoms with van der Waals surface area (Å²) in [6, 6.07) is 0.